The fourth-order valence-corrected chi connectivity index (χ4v) is 7.25. The summed E-state index contributed by atoms with van der Waals surface area (Å²) in [4.78, 5) is 31.1. The predicted molar refractivity (Wildman–Crippen MR) is 190 cm³/mol. The largest absolute Gasteiger partial charge is 0.486 e. The molecule has 1 aromatic carbocycles. The van der Waals surface area contributed by atoms with E-state index in [2.05, 4.69) is 51.2 Å². The van der Waals surface area contributed by atoms with Gasteiger partial charge in [-0.3, -0.25) is 9.97 Å². The molecule has 0 saturated heterocycles. The Morgan fingerprint density at radius 3 is 1.89 bits per heavy atom. The lowest BCUT2D eigenvalue weighted by molar-refractivity contribution is 0.171. The number of aromatic nitrogens is 6. The van der Waals surface area contributed by atoms with Gasteiger partial charge < -0.3 is 14.8 Å². The Kier molecular flexibility index (Phi) is 9.18. The summed E-state index contributed by atoms with van der Waals surface area (Å²) in [6, 6.07) is 17.9. The zero-order valence-corrected chi connectivity index (χ0v) is 28.1. The molecule has 6 aromatic heterocycles. The molecule has 0 radical (unpaired) electrons. The first-order valence-electron chi connectivity index (χ1n) is 15.3. The molecule has 1 aliphatic heterocycles. The maximum Gasteiger partial charge on any atom is 0.163 e. The smallest absolute Gasteiger partial charge is 0.163 e. The second kappa shape index (κ2) is 14.0. The van der Waals surface area contributed by atoms with Gasteiger partial charge in [-0.05, 0) is 66.9 Å². The summed E-state index contributed by atoms with van der Waals surface area (Å²) in [5, 5.41) is 6.02. The van der Waals surface area contributed by atoms with Crippen LogP contribution < -0.4 is 14.8 Å². The van der Waals surface area contributed by atoms with Gasteiger partial charge >= 0.3 is 0 Å². The van der Waals surface area contributed by atoms with Crippen molar-refractivity contribution < 1.29 is 9.47 Å². The van der Waals surface area contributed by atoms with Gasteiger partial charge in [0.2, 0.25) is 0 Å². The fraction of sp³-hybridized carbons (Fsp3) is 0.200. The second-order valence-corrected chi connectivity index (χ2v) is 13.2. The van der Waals surface area contributed by atoms with Crippen LogP contribution in [0.4, 0.5) is 5.82 Å². The number of halogens is 1. The summed E-state index contributed by atoms with van der Waals surface area (Å²) in [5.74, 6) is 3.79. The molecule has 8 rings (SSSR count). The van der Waals surface area contributed by atoms with Gasteiger partial charge in [-0.25, -0.2) is 19.9 Å². The molecule has 0 saturated carbocycles. The van der Waals surface area contributed by atoms with E-state index in [9.17, 15) is 0 Å². The number of aryl methyl sites for hydroxylation is 2. The SMILES string of the molecule is CCc1cc2c(Cl)nc(-c3ccncc3)nc2s1.CCc1cc2c(NCc3ccc4c(c3)OCCO4)nc(-c3ccncc3)nc2s1. The van der Waals surface area contributed by atoms with E-state index in [0.717, 1.165) is 67.3 Å². The molecular weight excluding hydrogens is 650 g/mol. The minimum atomic E-state index is 0.516. The Labute approximate surface area is 284 Å². The molecule has 9 nitrogen and oxygen atoms in total. The number of pyridine rings is 2. The lowest BCUT2D eigenvalue weighted by Gasteiger charge is -2.19. The van der Waals surface area contributed by atoms with Crippen molar-refractivity contribution in [2.24, 2.45) is 0 Å². The molecule has 0 aliphatic carbocycles. The molecule has 0 fully saturated rings. The third kappa shape index (κ3) is 6.87. The number of nitrogens with zero attached hydrogens (tertiary/aromatic N) is 6. The van der Waals surface area contributed by atoms with Crippen molar-refractivity contribution in [3.8, 4) is 34.3 Å². The quantitative estimate of drug-likeness (QED) is 0.166. The second-order valence-electron chi connectivity index (χ2n) is 10.6. The average molecular weight is 680 g/mol. The third-order valence-electron chi connectivity index (χ3n) is 7.48. The molecule has 1 N–H and O–H groups in total. The molecule has 7 heterocycles. The van der Waals surface area contributed by atoms with Crippen LogP contribution in [0.2, 0.25) is 5.15 Å². The number of rotatable bonds is 7. The van der Waals surface area contributed by atoms with Crippen molar-refractivity contribution in [3.05, 3.63) is 99.9 Å². The Bertz CT molecular complexity index is 2160. The van der Waals surface area contributed by atoms with Crippen molar-refractivity contribution in [2.75, 3.05) is 18.5 Å². The van der Waals surface area contributed by atoms with Gasteiger partial charge in [0.1, 0.15) is 33.8 Å². The maximum atomic E-state index is 6.22. The van der Waals surface area contributed by atoms with Crippen molar-refractivity contribution in [1.82, 2.24) is 29.9 Å². The number of thiophene rings is 2. The molecule has 1 aliphatic rings. The van der Waals surface area contributed by atoms with E-state index in [1.165, 1.54) is 9.75 Å². The Morgan fingerprint density at radius 1 is 0.681 bits per heavy atom. The maximum absolute atomic E-state index is 6.22. The molecule has 0 bridgehead atoms. The first-order chi connectivity index (χ1) is 23.1. The van der Waals surface area contributed by atoms with Crippen LogP contribution in [0.5, 0.6) is 11.5 Å². The number of hydrogen-bond donors (Lipinski definition) is 1. The first-order valence-corrected chi connectivity index (χ1v) is 17.3. The van der Waals surface area contributed by atoms with E-state index in [0.29, 0.717) is 36.6 Å². The standard InChI is InChI=1S/C22H20N4O2S.C13H10ClN3S/c1-2-16-12-17-21(24-13-14-3-4-18-19(11-14)28-10-9-27-18)25-20(26-22(17)29-16)15-5-7-23-8-6-15;1-2-9-7-10-11(14)16-12(17-13(10)18-9)8-3-5-15-6-4-8/h3-8,11-12H,2,9-10,13H2,1H3,(H,24,25,26);3-7H,2H2,1H3. The average Bonchev–Trinajstić information content (AvgIpc) is 3.76. The van der Waals surface area contributed by atoms with Crippen LogP contribution in [0.3, 0.4) is 0 Å². The van der Waals surface area contributed by atoms with E-state index in [4.69, 9.17) is 31.0 Å². The van der Waals surface area contributed by atoms with Crippen LogP contribution in [0.25, 0.3) is 43.2 Å². The highest BCUT2D eigenvalue weighted by Gasteiger charge is 2.15. The summed E-state index contributed by atoms with van der Waals surface area (Å²) >= 11 is 9.61. The molecule has 7 aromatic rings. The number of nitrogens with one attached hydrogen (secondary N) is 1. The topological polar surface area (TPSA) is 108 Å². The van der Waals surface area contributed by atoms with Crippen LogP contribution >= 0.6 is 34.3 Å². The monoisotopic (exact) mass is 679 g/mol. The van der Waals surface area contributed by atoms with Crippen molar-refractivity contribution in [2.45, 2.75) is 33.2 Å². The van der Waals surface area contributed by atoms with Crippen LogP contribution in [0.1, 0.15) is 29.2 Å². The van der Waals surface area contributed by atoms with Gasteiger partial charge in [0.05, 0.1) is 5.39 Å². The van der Waals surface area contributed by atoms with Crippen LogP contribution in [-0.2, 0) is 19.4 Å². The van der Waals surface area contributed by atoms with E-state index in [1.54, 1.807) is 47.5 Å². The number of benzene rings is 1. The van der Waals surface area contributed by atoms with Gasteiger partial charge in [-0.1, -0.05) is 31.5 Å². The van der Waals surface area contributed by atoms with Crippen LogP contribution in [0.15, 0.2) is 79.4 Å². The fourth-order valence-electron chi connectivity index (χ4n) is 5.03. The molecule has 0 spiro atoms. The third-order valence-corrected chi connectivity index (χ3v) is 10.1. The first kappa shape index (κ1) is 30.9. The molecular formula is C35H30ClN7O2S2. The van der Waals surface area contributed by atoms with E-state index in [1.807, 2.05) is 42.5 Å². The highest BCUT2D eigenvalue weighted by Crippen LogP contribution is 2.34. The summed E-state index contributed by atoms with van der Waals surface area (Å²) < 4.78 is 11.3. The predicted octanol–water partition coefficient (Wildman–Crippen LogP) is 8.67. The number of fused-ring (bicyclic) bond motifs is 3. The van der Waals surface area contributed by atoms with E-state index < -0.39 is 0 Å². The zero-order chi connectivity index (χ0) is 32.2. The number of anilines is 1. The molecule has 0 atom stereocenters. The van der Waals surface area contributed by atoms with Gasteiger partial charge in [0.25, 0.3) is 0 Å². The molecule has 0 unspecified atom stereocenters. The van der Waals surface area contributed by atoms with Crippen molar-refractivity contribution in [3.63, 3.8) is 0 Å². The normalized spacial score (nSPS) is 12.1. The van der Waals surface area contributed by atoms with Crippen LogP contribution in [-0.4, -0.2) is 43.1 Å². The summed E-state index contributed by atoms with van der Waals surface area (Å²) in [6.07, 6.45) is 8.94. The Hall–Kier alpha value is -4.71. The van der Waals surface area contributed by atoms with Gasteiger partial charge in [0.15, 0.2) is 23.1 Å². The number of ether oxygens (including phenoxy) is 2. The Morgan fingerprint density at radius 2 is 1.26 bits per heavy atom. The lowest BCUT2D eigenvalue weighted by Crippen LogP contribution is -2.15. The van der Waals surface area contributed by atoms with Gasteiger partial charge in [0, 0.05) is 57.6 Å². The van der Waals surface area contributed by atoms with Gasteiger partial charge in [-0.2, -0.15) is 0 Å². The minimum Gasteiger partial charge on any atom is -0.486 e. The summed E-state index contributed by atoms with van der Waals surface area (Å²) in [5.41, 5.74) is 2.99. The van der Waals surface area contributed by atoms with Gasteiger partial charge in [-0.15, -0.1) is 22.7 Å². The Balaban J connectivity index is 0.000000167. The molecule has 47 heavy (non-hydrogen) atoms. The molecule has 0 amide bonds. The highest BCUT2D eigenvalue weighted by atomic mass is 35.5. The lowest BCUT2D eigenvalue weighted by atomic mass is 10.2. The zero-order valence-electron chi connectivity index (χ0n) is 25.7. The summed E-state index contributed by atoms with van der Waals surface area (Å²) in [6.45, 7) is 6.09. The van der Waals surface area contributed by atoms with Crippen molar-refractivity contribution in [1.29, 1.82) is 0 Å². The van der Waals surface area contributed by atoms with E-state index >= 15 is 0 Å². The summed E-state index contributed by atoms with van der Waals surface area (Å²) in [7, 11) is 0. The van der Waals surface area contributed by atoms with Crippen LogP contribution in [0, 0.1) is 0 Å². The number of hydrogen-bond acceptors (Lipinski definition) is 11. The highest BCUT2D eigenvalue weighted by molar-refractivity contribution is 7.19. The van der Waals surface area contributed by atoms with Crippen molar-refractivity contribution >= 4 is 60.5 Å². The molecule has 236 valence electrons. The van der Waals surface area contributed by atoms with E-state index in [-0.39, 0.29) is 0 Å². The minimum absolute atomic E-state index is 0.516. The molecule has 12 heteroatoms.